The highest BCUT2D eigenvalue weighted by Gasteiger charge is 2.08. The molecule has 1 aromatic heterocycles. The topological polar surface area (TPSA) is 49.6 Å². The lowest BCUT2D eigenvalue weighted by molar-refractivity contribution is 0.628. The van der Waals surface area contributed by atoms with Crippen molar-refractivity contribution in [2.45, 2.75) is 6.92 Å². The van der Waals surface area contributed by atoms with Crippen molar-refractivity contribution in [2.75, 3.05) is 0 Å². The predicted molar refractivity (Wildman–Crippen MR) is 61.9 cm³/mol. The Labute approximate surface area is 103 Å². The lowest BCUT2D eigenvalue weighted by Gasteiger charge is -2.04. The van der Waals surface area contributed by atoms with Crippen LogP contribution in [-0.4, -0.2) is 9.97 Å². The van der Waals surface area contributed by atoms with Gasteiger partial charge in [-0.05, 0) is 25.1 Å². The van der Waals surface area contributed by atoms with Crippen LogP contribution in [0, 0.1) is 24.1 Å². The van der Waals surface area contributed by atoms with Gasteiger partial charge in [-0.15, -0.1) is 0 Å². The van der Waals surface area contributed by atoms with Gasteiger partial charge in [0.15, 0.2) is 0 Å². The van der Waals surface area contributed by atoms with E-state index in [2.05, 4.69) is 9.97 Å². The Balaban J connectivity index is 2.61. The van der Waals surface area contributed by atoms with E-state index in [9.17, 15) is 4.39 Å². The third-order valence-corrected chi connectivity index (χ3v) is 2.47. The Hall–Kier alpha value is -1.99. The summed E-state index contributed by atoms with van der Waals surface area (Å²) in [6, 6.07) is 7.49. The first-order valence-electron chi connectivity index (χ1n) is 4.81. The molecule has 84 valence electrons. The van der Waals surface area contributed by atoms with Gasteiger partial charge in [0.2, 0.25) is 0 Å². The Morgan fingerprint density at radius 1 is 1.29 bits per heavy atom. The molecule has 5 heteroatoms. The Morgan fingerprint density at radius 3 is 2.71 bits per heavy atom. The van der Waals surface area contributed by atoms with E-state index in [0.717, 1.165) is 0 Å². The van der Waals surface area contributed by atoms with Crippen LogP contribution in [0.2, 0.25) is 5.02 Å². The van der Waals surface area contributed by atoms with E-state index >= 15 is 0 Å². The monoisotopic (exact) mass is 247 g/mol. The molecular formula is C12H7ClFN3. The van der Waals surface area contributed by atoms with Crippen LogP contribution in [-0.2, 0) is 0 Å². The van der Waals surface area contributed by atoms with Crippen LogP contribution in [0.15, 0.2) is 24.3 Å². The molecule has 0 radical (unpaired) electrons. The van der Waals surface area contributed by atoms with E-state index < -0.39 is 5.82 Å². The molecule has 2 aromatic rings. The summed E-state index contributed by atoms with van der Waals surface area (Å²) in [7, 11) is 0. The van der Waals surface area contributed by atoms with Crippen molar-refractivity contribution in [1.82, 2.24) is 9.97 Å². The molecule has 0 atom stereocenters. The minimum atomic E-state index is -0.412. The number of nitriles is 1. The summed E-state index contributed by atoms with van der Waals surface area (Å²) < 4.78 is 12.9. The number of hydrogen-bond acceptors (Lipinski definition) is 3. The number of nitrogens with zero attached hydrogens (tertiary/aromatic N) is 3. The van der Waals surface area contributed by atoms with Crippen LogP contribution in [0.5, 0.6) is 0 Å². The van der Waals surface area contributed by atoms with Gasteiger partial charge in [0.25, 0.3) is 0 Å². The summed E-state index contributed by atoms with van der Waals surface area (Å²) >= 11 is 5.93. The number of aromatic nitrogens is 2. The molecule has 0 aliphatic carbocycles. The average molecular weight is 248 g/mol. The summed E-state index contributed by atoms with van der Waals surface area (Å²) in [4.78, 5) is 8.11. The summed E-state index contributed by atoms with van der Waals surface area (Å²) in [5, 5.41) is 9.07. The second-order valence-electron chi connectivity index (χ2n) is 3.42. The molecule has 1 aromatic carbocycles. The maximum Gasteiger partial charge on any atom is 0.144 e. The van der Waals surface area contributed by atoms with Gasteiger partial charge in [-0.2, -0.15) is 5.26 Å². The Kier molecular flexibility index (Phi) is 3.03. The highest BCUT2D eigenvalue weighted by molar-refractivity contribution is 6.33. The molecule has 0 unspecified atom stereocenters. The van der Waals surface area contributed by atoms with Crippen molar-refractivity contribution >= 4 is 11.6 Å². The molecule has 1 heterocycles. The molecule has 0 saturated heterocycles. The molecule has 2 rings (SSSR count). The number of aryl methyl sites for hydroxylation is 1. The molecule has 0 N–H and O–H groups in total. The number of hydrogen-bond donors (Lipinski definition) is 0. The molecular weight excluding hydrogens is 241 g/mol. The van der Waals surface area contributed by atoms with E-state index in [0.29, 0.717) is 17.1 Å². The zero-order chi connectivity index (χ0) is 12.4. The van der Waals surface area contributed by atoms with Gasteiger partial charge in [0.05, 0.1) is 10.7 Å². The fourth-order valence-electron chi connectivity index (χ4n) is 1.46. The second kappa shape index (κ2) is 4.48. The lowest BCUT2D eigenvalue weighted by Crippen LogP contribution is -1.95. The van der Waals surface area contributed by atoms with Gasteiger partial charge in [0.1, 0.15) is 23.4 Å². The summed E-state index contributed by atoms with van der Waals surface area (Å²) in [5.74, 6) is 0.0597. The van der Waals surface area contributed by atoms with Gasteiger partial charge >= 0.3 is 0 Å². The molecule has 0 amide bonds. The first-order chi connectivity index (χ1) is 8.10. The molecule has 0 spiro atoms. The minimum Gasteiger partial charge on any atom is -0.233 e. The molecule has 0 saturated carbocycles. The fourth-order valence-corrected chi connectivity index (χ4v) is 1.72. The van der Waals surface area contributed by atoms with Gasteiger partial charge in [-0.3, -0.25) is 0 Å². The maximum atomic E-state index is 12.9. The quantitative estimate of drug-likeness (QED) is 0.778. The number of rotatable bonds is 1. The van der Waals surface area contributed by atoms with Crippen LogP contribution in [0.3, 0.4) is 0 Å². The van der Waals surface area contributed by atoms with Crippen LogP contribution < -0.4 is 0 Å². The van der Waals surface area contributed by atoms with Crippen molar-refractivity contribution in [3.05, 3.63) is 46.6 Å². The van der Waals surface area contributed by atoms with Crippen molar-refractivity contribution in [2.24, 2.45) is 0 Å². The van der Waals surface area contributed by atoms with Gasteiger partial charge < -0.3 is 0 Å². The van der Waals surface area contributed by atoms with E-state index in [1.54, 1.807) is 6.92 Å². The van der Waals surface area contributed by atoms with E-state index in [4.69, 9.17) is 16.9 Å². The molecule has 0 fully saturated rings. The zero-order valence-corrected chi connectivity index (χ0v) is 9.66. The van der Waals surface area contributed by atoms with Crippen molar-refractivity contribution in [3.8, 4) is 17.3 Å². The minimum absolute atomic E-state index is 0.256. The highest BCUT2D eigenvalue weighted by Crippen LogP contribution is 2.27. The third kappa shape index (κ3) is 2.40. The van der Waals surface area contributed by atoms with Gasteiger partial charge in [0, 0.05) is 11.6 Å². The molecule has 0 aliphatic rings. The summed E-state index contributed by atoms with van der Waals surface area (Å²) in [5.41, 5.74) is 1.35. The van der Waals surface area contributed by atoms with Crippen molar-refractivity contribution in [1.29, 1.82) is 5.26 Å². The third-order valence-electron chi connectivity index (χ3n) is 2.16. The smallest absolute Gasteiger partial charge is 0.144 e. The fraction of sp³-hybridized carbons (Fsp3) is 0.0833. The summed E-state index contributed by atoms with van der Waals surface area (Å²) in [6.45, 7) is 1.68. The first kappa shape index (κ1) is 11.5. The van der Waals surface area contributed by atoms with Crippen LogP contribution in [0.4, 0.5) is 4.39 Å². The second-order valence-corrected chi connectivity index (χ2v) is 3.83. The van der Waals surface area contributed by atoms with Crippen LogP contribution >= 0.6 is 11.6 Å². The van der Waals surface area contributed by atoms with Crippen LogP contribution in [0.1, 0.15) is 11.5 Å². The summed E-state index contributed by atoms with van der Waals surface area (Å²) in [6.07, 6.45) is 0. The van der Waals surface area contributed by atoms with E-state index in [1.165, 1.54) is 24.3 Å². The van der Waals surface area contributed by atoms with Gasteiger partial charge in [-0.25, -0.2) is 14.4 Å². The van der Waals surface area contributed by atoms with E-state index in [-0.39, 0.29) is 10.7 Å². The number of halogens is 2. The van der Waals surface area contributed by atoms with Crippen molar-refractivity contribution < 1.29 is 4.39 Å². The molecule has 0 bridgehead atoms. The molecule has 3 nitrogen and oxygen atoms in total. The van der Waals surface area contributed by atoms with Crippen molar-refractivity contribution in [3.63, 3.8) is 0 Å². The average Bonchev–Trinajstić information content (AvgIpc) is 2.28. The SMILES string of the molecule is Cc1nc(C#N)cc(-c2ccc(F)cc2Cl)n1. The Bertz CT molecular complexity index is 620. The highest BCUT2D eigenvalue weighted by atomic mass is 35.5. The van der Waals surface area contributed by atoms with Gasteiger partial charge in [-0.1, -0.05) is 11.6 Å². The normalized spacial score (nSPS) is 10.0. The Morgan fingerprint density at radius 2 is 2.06 bits per heavy atom. The zero-order valence-electron chi connectivity index (χ0n) is 8.91. The predicted octanol–water partition coefficient (Wildman–Crippen LogP) is 3.12. The number of benzene rings is 1. The molecule has 17 heavy (non-hydrogen) atoms. The van der Waals surface area contributed by atoms with Crippen LogP contribution in [0.25, 0.3) is 11.3 Å². The maximum absolute atomic E-state index is 12.9. The first-order valence-corrected chi connectivity index (χ1v) is 5.19. The standard InChI is InChI=1S/C12H7ClFN3/c1-7-16-9(6-15)5-12(17-7)10-3-2-8(14)4-11(10)13/h2-5H,1H3. The van der Waals surface area contributed by atoms with E-state index in [1.807, 2.05) is 6.07 Å². The lowest BCUT2D eigenvalue weighted by atomic mass is 10.1. The molecule has 0 aliphatic heterocycles. The largest absolute Gasteiger partial charge is 0.233 e.